The molecule has 0 radical (unpaired) electrons. The number of aromatic nitrogens is 4. The zero-order chi connectivity index (χ0) is 23.4. The smallest absolute Gasteiger partial charge is 0.224 e. The lowest BCUT2D eigenvalue weighted by molar-refractivity contribution is -0.125. The Kier molecular flexibility index (Phi) is 7.45. The molecular formula is C24H31ClN6O2. The SMILES string of the molecule is CCOCCCNC(=O)[C@@H]1CCCN(c2nnc(C)c3c(C)n(-c4ccc(Cl)cc4)nc23)C1. The summed E-state index contributed by atoms with van der Waals surface area (Å²) in [5.41, 5.74) is 3.59. The molecular weight excluding hydrogens is 440 g/mol. The fourth-order valence-electron chi connectivity index (χ4n) is 4.42. The maximum absolute atomic E-state index is 12.8. The van der Waals surface area contributed by atoms with Gasteiger partial charge in [0, 0.05) is 37.9 Å². The molecule has 0 aliphatic carbocycles. The summed E-state index contributed by atoms with van der Waals surface area (Å²) >= 11 is 6.07. The molecule has 0 spiro atoms. The van der Waals surface area contributed by atoms with Gasteiger partial charge in [0.05, 0.1) is 28.4 Å². The van der Waals surface area contributed by atoms with E-state index in [4.69, 9.17) is 21.4 Å². The lowest BCUT2D eigenvalue weighted by Crippen LogP contribution is -2.43. The van der Waals surface area contributed by atoms with Crippen LogP contribution in [0.1, 0.15) is 37.6 Å². The fourth-order valence-corrected chi connectivity index (χ4v) is 4.54. The maximum atomic E-state index is 12.8. The largest absolute Gasteiger partial charge is 0.382 e. The number of benzene rings is 1. The lowest BCUT2D eigenvalue weighted by Gasteiger charge is -2.32. The number of hydrogen-bond donors (Lipinski definition) is 1. The first-order valence-electron chi connectivity index (χ1n) is 11.6. The Morgan fingerprint density at radius 1 is 1.24 bits per heavy atom. The average Bonchev–Trinajstić information content (AvgIpc) is 3.17. The highest BCUT2D eigenvalue weighted by molar-refractivity contribution is 6.30. The topological polar surface area (TPSA) is 85.2 Å². The molecule has 3 heterocycles. The molecule has 0 bridgehead atoms. The quantitative estimate of drug-likeness (QED) is 0.503. The van der Waals surface area contributed by atoms with E-state index in [0.717, 1.165) is 59.6 Å². The van der Waals surface area contributed by atoms with Crippen LogP contribution in [0.2, 0.25) is 5.02 Å². The lowest BCUT2D eigenvalue weighted by atomic mass is 9.97. The number of halogens is 1. The predicted octanol–water partition coefficient (Wildman–Crippen LogP) is 3.84. The molecule has 1 aliphatic heterocycles. The number of ether oxygens (including phenoxy) is 1. The third kappa shape index (κ3) is 5.12. The number of hydrogen-bond acceptors (Lipinski definition) is 6. The molecule has 176 valence electrons. The summed E-state index contributed by atoms with van der Waals surface area (Å²) < 4.78 is 7.26. The molecule has 2 aromatic heterocycles. The first-order valence-corrected chi connectivity index (χ1v) is 12.0. The summed E-state index contributed by atoms with van der Waals surface area (Å²) in [4.78, 5) is 14.9. The van der Waals surface area contributed by atoms with Crippen molar-refractivity contribution in [2.75, 3.05) is 37.7 Å². The van der Waals surface area contributed by atoms with Crippen molar-refractivity contribution < 1.29 is 9.53 Å². The van der Waals surface area contributed by atoms with Gasteiger partial charge in [0.25, 0.3) is 0 Å². The summed E-state index contributed by atoms with van der Waals surface area (Å²) in [7, 11) is 0. The molecule has 1 aromatic carbocycles. The van der Waals surface area contributed by atoms with Crippen molar-refractivity contribution >= 4 is 34.2 Å². The minimum Gasteiger partial charge on any atom is -0.382 e. The number of nitrogens with one attached hydrogen (secondary N) is 1. The van der Waals surface area contributed by atoms with Crippen molar-refractivity contribution in [2.45, 2.75) is 40.0 Å². The molecule has 9 heteroatoms. The fraction of sp³-hybridized carbons (Fsp3) is 0.500. The van der Waals surface area contributed by atoms with Crippen LogP contribution in [0.25, 0.3) is 16.6 Å². The number of nitrogens with zero attached hydrogens (tertiary/aromatic N) is 5. The Morgan fingerprint density at radius 2 is 2.03 bits per heavy atom. The first-order chi connectivity index (χ1) is 16.0. The second-order valence-corrected chi connectivity index (χ2v) is 8.87. The van der Waals surface area contributed by atoms with E-state index < -0.39 is 0 Å². The van der Waals surface area contributed by atoms with E-state index in [-0.39, 0.29) is 11.8 Å². The summed E-state index contributed by atoms with van der Waals surface area (Å²) in [6.07, 6.45) is 2.61. The van der Waals surface area contributed by atoms with Gasteiger partial charge in [-0.2, -0.15) is 10.2 Å². The van der Waals surface area contributed by atoms with E-state index in [0.29, 0.717) is 31.3 Å². The monoisotopic (exact) mass is 470 g/mol. The maximum Gasteiger partial charge on any atom is 0.224 e. The van der Waals surface area contributed by atoms with Gasteiger partial charge in [0.1, 0.15) is 5.52 Å². The van der Waals surface area contributed by atoms with Crippen LogP contribution in [-0.2, 0) is 9.53 Å². The van der Waals surface area contributed by atoms with E-state index in [1.165, 1.54) is 0 Å². The molecule has 4 rings (SSSR count). The van der Waals surface area contributed by atoms with Crippen LogP contribution in [-0.4, -0.2) is 58.7 Å². The molecule has 3 aromatic rings. The van der Waals surface area contributed by atoms with Crippen molar-refractivity contribution in [3.8, 4) is 5.69 Å². The Morgan fingerprint density at radius 3 is 2.79 bits per heavy atom. The Hall–Kier alpha value is -2.71. The number of carbonyl (C=O) groups is 1. The molecule has 0 saturated carbocycles. The van der Waals surface area contributed by atoms with Crippen molar-refractivity contribution in [3.05, 3.63) is 40.7 Å². The van der Waals surface area contributed by atoms with Gasteiger partial charge in [-0.05, 0) is 64.3 Å². The van der Waals surface area contributed by atoms with Crippen LogP contribution in [0.15, 0.2) is 24.3 Å². The highest BCUT2D eigenvalue weighted by Gasteiger charge is 2.29. The van der Waals surface area contributed by atoms with Gasteiger partial charge in [-0.15, -0.1) is 5.10 Å². The summed E-state index contributed by atoms with van der Waals surface area (Å²) in [6.45, 7) is 9.40. The van der Waals surface area contributed by atoms with E-state index in [1.54, 1.807) is 0 Å². The zero-order valence-electron chi connectivity index (χ0n) is 19.5. The standard InChI is InChI=1S/C24H31ClN6O2/c1-4-33-14-6-12-26-24(32)18-7-5-13-30(15-18)23-22-21(16(2)27-28-23)17(3)31(29-22)20-10-8-19(25)9-11-20/h8-11,18H,4-7,12-15H2,1-3H3,(H,26,32)/t18-/m1/s1. The number of aryl methyl sites for hydroxylation is 2. The molecule has 1 atom stereocenters. The van der Waals surface area contributed by atoms with Crippen molar-refractivity contribution in [1.29, 1.82) is 0 Å². The average molecular weight is 471 g/mol. The summed E-state index contributed by atoms with van der Waals surface area (Å²) in [5.74, 6) is 0.749. The molecule has 8 nitrogen and oxygen atoms in total. The van der Waals surface area contributed by atoms with Crippen LogP contribution in [0.5, 0.6) is 0 Å². The Balaban J connectivity index is 1.56. The summed E-state index contributed by atoms with van der Waals surface area (Å²) in [6, 6.07) is 7.61. The Bertz CT molecular complexity index is 1110. The van der Waals surface area contributed by atoms with E-state index >= 15 is 0 Å². The number of amides is 1. The second-order valence-electron chi connectivity index (χ2n) is 8.43. The van der Waals surface area contributed by atoms with E-state index in [9.17, 15) is 4.79 Å². The molecule has 1 amide bonds. The van der Waals surface area contributed by atoms with Crippen LogP contribution in [0.4, 0.5) is 5.82 Å². The first kappa shape index (κ1) is 23.4. The van der Waals surface area contributed by atoms with Crippen LogP contribution in [0.3, 0.4) is 0 Å². The highest BCUT2D eigenvalue weighted by Crippen LogP contribution is 2.31. The third-order valence-corrected chi connectivity index (χ3v) is 6.37. The van der Waals surface area contributed by atoms with Gasteiger partial charge >= 0.3 is 0 Å². The van der Waals surface area contributed by atoms with E-state index in [2.05, 4.69) is 20.4 Å². The number of rotatable bonds is 8. The van der Waals surface area contributed by atoms with Crippen LogP contribution in [0, 0.1) is 19.8 Å². The van der Waals surface area contributed by atoms with Gasteiger partial charge in [0.2, 0.25) is 5.91 Å². The predicted molar refractivity (Wildman–Crippen MR) is 130 cm³/mol. The van der Waals surface area contributed by atoms with Crippen LogP contribution >= 0.6 is 11.6 Å². The zero-order valence-corrected chi connectivity index (χ0v) is 20.2. The molecule has 1 saturated heterocycles. The van der Waals surface area contributed by atoms with Gasteiger partial charge in [-0.3, -0.25) is 4.79 Å². The highest BCUT2D eigenvalue weighted by atomic mass is 35.5. The van der Waals surface area contributed by atoms with Crippen LogP contribution < -0.4 is 10.2 Å². The minimum atomic E-state index is -0.0801. The Labute approximate surface area is 199 Å². The van der Waals surface area contributed by atoms with Crippen molar-refractivity contribution in [2.24, 2.45) is 5.92 Å². The van der Waals surface area contributed by atoms with Gasteiger partial charge in [-0.1, -0.05) is 11.6 Å². The number of carbonyl (C=O) groups excluding carboxylic acids is 1. The molecule has 1 N–H and O–H groups in total. The molecule has 33 heavy (non-hydrogen) atoms. The molecule has 1 fully saturated rings. The normalized spacial score (nSPS) is 16.4. The minimum absolute atomic E-state index is 0.0801. The molecule has 0 unspecified atom stereocenters. The van der Waals surface area contributed by atoms with Crippen molar-refractivity contribution in [1.82, 2.24) is 25.3 Å². The molecule has 1 aliphatic rings. The second kappa shape index (κ2) is 10.5. The van der Waals surface area contributed by atoms with Gasteiger partial charge in [0.15, 0.2) is 5.82 Å². The summed E-state index contributed by atoms with van der Waals surface area (Å²) in [5, 5.41) is 18.6. The number of fused-ring (bicyclic) bond motifs is 1. The van der Waals surface area contributed by atoms with Crippen molar-refractivity contribution in [3.63, 3.8) is 0 Å². The number of piperidine rings is 1. The van der Waals surface area contributed by atoms with Gasteiger partial charge in [-0.25, -0.2) is 4.68 Å². The number of anilines is 1. The third-order valence-electron chi connectivity index (χ3n) is 6.12. The van der Waals surface area contributed by atoms with Gasteiger partial charge < -0.3 is 15.0 Å². The van der Waals surface area contributed by atoms with E-state index in [1.807, 2.05) is 49.7 Å².